The van der Waals surface area contributed by atoms with Crippen LogP contribution < -0.4 is 5.32 Å². The Morgan fingerprint density at radius 1 is 0.956 bits per heavy atom. The van der Waals surface area contributed by atoms with Gasteiger partial charge < -0.3 is 19.9 Å². The highest BCUT2D eigenvalue weighted by molar-refractivity contribution is 5.78. The first kappa shape index (κ1) is 31.9. The second-order valence-electron chi connectivity index (χ2n) is 12.1. The van der Waals surface area contributed by atoms with E-state index in [2.05, 4.69) is 41.1 Å². The van der Waals surface area contributed by atoms with Crippen molar-refractivity contribution in [3.05, 3.63) is 124 Å². The van der Waals surface area contributed by atoms with E-state index in [1.807, 2.05) is 36.4 Å². The number of nitrogens with zero attached hydrogens (tertiary/aromatic N) is 3. The van der Waals surface area contributed by atoms with E-state index in [0.29, 0.717) is 30.4 Å². The summed E-state index contributed by atoms with van der Waals surface area (Å²) < 4.78 is 5.60. The van der Waals surface area contributed by atoms with Crippen molar-refractivity contribution in [3.8, 4) is 0 Å². The number of benzene rings is 3. The molecular formula is C36H42N4O5. The molecule has 2 fully saturated rings. The van der Waals surface area contributed by atoms with Gasteiger partial charge in [-0.1, -0.05) is 66.7 Å². The third-order valence-electron chi connectivity index (χ3n) is 9.06. The fourth-order valence-corrected chi connectivity index (χ4v) is 6.81. The minimum Gasteiger partial charge on any atom is -0.445 e. The van der Waals surface area contributed by atoms with Crippen LogP contribution in [0.15, 0.2) is 97.6 Å². The number of amides is 2. The van der Waals surface area contributed by atoms with Crippen molar-refractivity contribution in [1.82, 2.24) is 15.1 Å². The lowest BCUT2D eigenvalue weighted by molar-refractivity contribution is -0.384. The summed E-state index contributed by atoms with van der Waals surface area (Å²) >= 11 is 0. The van der Waals surface area contributed by atoms with Crippen molar-refractivity contribution < 1.29 is 19.2 Å². The highest BCUT2D eigenvalue weighted by Crippen LogP contribution is 2.40. The minimum atomic E-state index is -0.452. The Kier molecular flexibility index (Phi) is 11.0. The lowest BCUT2D eigenvalue weighted by Crippen LogP contribution is -2.48. The lowest BCUT2D eigenvalue weighted by atomic mass is 9.88. The van der Waals surface area contributed by atoms with Gasteiger partial charge in [-0.3, -0.25) is 14.9 Å². The third kappa shape index (κ3) is 8.79. The molecule has 3 aromatic carbocycles. The maximum atomic E-state index is 13.1. The predicted molar refractivity (Wildman–Crippen MR) is 174 cm³/mol. The van der Waals surface area contributed by atoms with Crippen LogP contribution in [0.1, 0.15) is 48.3 Å². The van der Waals surface area contributed by atoms with Crippen LogP contribution in [-0.4, -0.2) is 65.0 Å². The standard InChI is InChI=1S/C36H42N4O5/c1-2-19-39(36(42)45-26-28-13-15-33(16-14-28)40(43)44)32-17-20-38(21-18-32)25-30-23-31(24-34(30)29-11-7-4-8-12-29)37-35(41)22-27-9-5-3-6-10-27/h2-16,30-32,34H,1,17-26H2,(H,37,41)/t30-,31-,34-/m1/s1. The van der Waals surface area contributed by atoms with Gasteiger partial charge >= 0.3 is 6.09 Å². The molecule has 0 spiro atoms. The molecule has 0 bridgehead atoms. The molecule has 1 saturated heterocycles. The Bertz CT molecular complexity index is 1420. The van der Waals surface area contributed by atoms with Crippen molar-refractivity contribution in [2.45, 2.75) is 56.7 Å². The monoisotopic (exact) mass is 610 g/mol. The topological polar surface area (TPSA) is 105 Å². The van der Waals surface area contributed by atoms with Crippen molar-refractivity contribution in [1.29, 1.82) is 0 Å². The Hall–Kier alpha value is -4.50. The smallest absolute Gasteiger partial charge is 0.410 e. The van der Waals surface area contributed by atoms with Crippen LogP contribution in [0.5, 0.6) is 0 Å². The number of likely N-dealkylation sites (tertiary alicyclic amines) is 1. The highest BCUT2D eigenvalue weighted by Gasteiger charge is 2.38. The third-order valence-corrected chi connectivity index (χ3v) is 9.06. The Morgan fingerprint density at radius 3 is 2.27 bits per heavy atom. The zero-order valence-electron chi connectivity index (χ0n) is 25.6. The summed E-state index contributed by atoms with van der Waals surface area (Å²) in [5.41, 5.74) is 3.04. The fraction of sp³-hybridized carbons (Fsp3) is 0.389. The minimum absolute atomic E-state index is 0.00106. The van der Waals surface area contributed by atoms with E-state index in [4.69, 9.17) is 4.74 Å². The number of carbonyl (C=O) groups excluding carboxylic acids is 2. The molecule has 0 unspecified atom stereocenters. The van der Waals surface area contributed by atoms with E-state index < -0.39 is 11.0 Å². The Morgan fingerprint density at radius 2 is 1.62 bits per heavy atom. The molecule has 5 rings (SSSR count). The van der Waals surface area contributed by atoms with E-state index >= 15 is 0 Å². The highest BCUT2D eigenvalue weighted by atomic mass is 16.6. The summed E-state index contributed by atoms with van der Waals surface area (Å²) in [4.78, 5) is 40.7. The molecule has 9 heteroatoms. The van der Waals surface area contributed by atoms with Crippen LogP contribution in [0, 0.1) is 16.0 Å². The van der Waals surface area contributed by atoms with Gasteiger partial charge in [0.2, 0.25) is 5.91 Å². The second-order valence-corrected chi connectivity index (χ2v) is 12.1. The van der Waals surface area contributed by atoms with E-state index in [1.54, 1.807) is 23.1 Å². The molecule has 3 atom stereocenters. The summed E-state index contributed by atoms with van der Waals surface area (Å²) in [5, 5.41) is 14.2. The molecule has 1 N–H and O–H groups in total. The maximum absolute atomic E-state index is 13.1. The normalized spacial score (nSPS) is 20.3. The number of hydrogen-bond donors (Lipinski definition) is 1. The van der Waals surface area contributed by atoms with Crippen molar-refractivity contribution >= 4 is 17.7 Å². The first-order valence-corrected chi connectivity index (χ1v) is 15.8. The quantitative estimate of drug-likeness (QED) is 0.151. The first-order valence-electron chi connectivity index (χ1n) is 15.8. The molecule has 0 radical (unpaired) electrons. The van der Waals surface area contributed by atoms with Gasteiger partial charge in [-0.15, -0.1) is 6.58 Å². The average molecular weight is 611 g/mol. The van der Waals surface area contributed by atoms with Crippen molar-refractivity contribution in [2.24, 2.45) is 5.92 Å². The van der Waals surface area contributed by atoms with E-state index in [9.17, 15) is 19.7 Å². The molecule has 1 saturated carbocycles. The molecule has 236 valence electrons. The van der Waals surface area contributed by atoms with Crippen LogP contribution in [0.2, 0.25) is 0 Å². The summed E-state index contributed by atoms with van der Waals surface area (Å²) in [6.07, 6.45) is 5.25. The largest absolute Gasteiger partial charge is 0.445 e. The van der Waals surface area contributed by atoms with Gasteiger partial charge in [-0.2, -0.15) is 0 Å². The number of piperidine rings is 1. The van der Waals surface area contributed by atoms with Gasteiger partial charge in [0.25, 0.3) is 5.69 Å². The van der Waals surface area contributed by atoms with Crippen molar-refractivity contribution in [2.75, 3.05) is 26.2 Å². The first-order chi connectivity index (χ1) is 21.9. The van der Waals surface area contributed by atoms with E-state index in [1.165, 1.54) is 17.7 Å². The molecule has 2 amide bonds. The second kappa shape index (κ2) is 15.5. The Labute approximate surface area is 265 Å². The summed E-state index contributed by atoms with van der Waals surface area (Å²) in [7, 11) is 0. The zero-order valence-corrected chi connectivity index (χ0v) is 25.6. The molecule has 0 aromatic heterocycles. The van der Waals surface area contributed by atoms with Gasteiger partial charge in [-0.05, 0) is 66.3 Å². The lowest BCUT2D eigenvalue weighted by Gasteiger charge is -2.39. The molecule has 2 aliphatic rings. The number of carbonyl (C=O) groups is 2. The number of rotatable bonds is 12. The molecule has 1 aliphatic carbocycles. The van der Waals surface area contributed by atoms with Crippen LogP contribution in [0.4, 0.5) is 10.5 Å². The summed E-state index contributed by atoms with van der Waals surface area (Å²) in [6, 6.07) is 26.7. The van der Waals surface area contributed by atoms with Crippen LogP contribution in [0.25, 0.3) is 0 Å². The van der Waals surface area contributed by atoms with Gasteiger partial charge in [-0.25, -0.2) is 4.79 Å². The van der Waals surface area contributed by atoms with E-state index in [-0.39, 0.29) is 30.3 Å². The molecular weight excluding hydrogens is 568 g/mol. The number of nitro benzene ring substituents is 1. The molecule has 3 aromatic rings. The maximum Gasteiger partial charge on any atom is 0.410 e. The predicted octanol–water partition coefficient (Wildman–Crippen LogP) is 6.11. The Balaban J connectivity index is 1.15. The van der Waals surface area contributed by atoms with Crippen LogP contribution >= 0.6 is 0 Å². The number of ether oxygens (including phenoxy) is 1. The van der Waals surface area contributed by atoms with Crippen LogP contribution in [0.3, 0.4) is 0 Å². The number of nitrogens with one attached hydrogen (secondary N) is 1. The van der Waals surface area contributed by atoms with Crippen LogP contribution in [-0.2, 0) is 22.6 Å². The molecule has 45 heavy (non-hydrogen) atoms. The molecule has 1 aliphatic heterocycles. The summed E-state index contributed by atoms with van der Waals surface area (Å²) in [6.45, 7) is 6.98. The van der Waals surface area contributed by atoms with Crippen molar-refractivity contribution in [3.63, 3.8) is 0 Å². The average Bonchev–Trinajstić information content (AvgIpc) is 3.45. The SMILES string of the molecule is C=CCN(C(=O)OCc1ccc([N+](=O)[O-])cc1)C1CCN(C[C@H]2C[C@@H](NC(=O)Cc3ccccc3)C[C@@H]2c2ccccc2)CC1. The zero-order chi connectivity index (χ0) is 31.6. The van der Waals surface area contributed by atoms with Gasteiger partial charge in [0.05, 0.1) is 11.3 Å². The fourth-order valence-electron chi connectivity index (χ4n) is 6.81. The van der Waals surface area contributed by atoms with Gasteiger partial charge in [0.15, 0.2) is 0 Å². The number of hydrogen-bond acceptors (Lipinski definition) is 6. The van der Waals surface area contributed by atoms with E-state index in [0.717, 1.165) is 50.9 Å². The molecule has 9 nitrogen and oxygen atoms in total. The summed E-state index contributed by atoms with van der Waals surface area (Å²) in [5.74, 6) is 0.863. The number of non-ortho nitro benzene ring substituents is 1. The molecule has 1 heterocycles. The number of nitro groups is 1. The van der Waals surface area contributed by atoms with Gasteiger partial charge in [0, 0.05) is 50.4 Å². The van der Waals surface area contributed by atoms with Gasteiger partial charge in [0.1, 0.15) is 6.61 Å².